The van der Waals surface area contributed by atoms with Crippen molar-refractivity contribution in [2.24, 2.45) is 0 Å². The Morgan fingerprint density at radius 1 is 0.581 bits per heavy atom. The number of benzene rings is 6. The highest BCUT2D eigenvalue weighted by molar-refractivity contribution is 6.11. The summed E-state index contributed by atoms with van der Waals surface area (Å²) in [4.78, 5) is 5.04. The van der Waals surface area contributed by atoms with Crippen molar-refractivity contribution >= 4 is 33.0 Å². The van der Waals surface area contributed by atoms with Gasteiger partial charge in [0.2, 0.25) is 0 Å². The van der Waals surface area contributed by atoms with Gasteiger partial charge in [-0.3, -0.25) is 4.57 Å². The van der Waals surface area contributed by atoms with Crippen LogP contribution in [0.25, 0.3) is 72.3 Å². The van der Waals surface area contributed by atoms with Gasteiger partial charge in [-0.25, -0.2) is 4.98 Å². The predicted molar refractivity (Wildman–Crippen MR) is 177 cm³/mol. The van der Waals surface area contributed by atoms with Gasteiger partial charge < -0.3 is 4.42 Å². The molecule has 0 bridgehead atoms. The van der Waals surface area contributed by atoms with E-state index in [1.165, 1.54) is 22.3 Å². The molecule has 204 valence electrons. The molecule has 0 amide bonds. The first-order chi connectivity index (χ1) is 21.1. The van der Waals surface area contributed by atoms with Crippen molar-refractivity contribution in [2.75, 3.05) is 0 Å². The number of para-hydroxylation sites is 4. The summed E-state index contributed by atoms with van der Waals surface area (Å²) in [6.07, 6.45) is 0. The van der Waals surface area contributed by atoms with Crippen LogP contribution in [0.1, 0.15) is 25.0 Å². The molecule has 2 aromatic heterocycles. The Bertz CT molecular complexity index is 2360. The van der Waals surface area contributed by atoms with Gasteiger partial charge in [-0.05, 0) is 64.2 Å². The molecule has 2 heterocycles. The second-order valence-electron chi connectivity index (χ2n) is 12.0. The van der Waals surface area contributed by atoms with E-state index in [2.05, 4.69) is 140 Å². The lowest BCUT2D eigenvalue weighted by Crippen LogP contribution is -2.14. The van der Waals surface area contributed by atoms with Crippen LogP contribution in [0.2, 0.25) is 0 Å². The highest BCUT2D eigenvalue weighted by atomic mass is 16.3. The standard InChI is InChI=1S/C40H28N2O/c1-40(2)33-16-7-6-13-29(33)31-23-32-30-15-10-14-28(38(30)43-37(32)24-34(31)40)25-19-21-26(22-20-25)39-41-35-17-8-9-18-36(35)42(39)27-11-4-3-5-12-27/h3-24H,1-2H3. The number of hydrogen-bond acceptors (Lipinski definition) is 2. The monoisotopic (exact) mass is 552 g/mol. The first-order valence-electron chi connectivity index (χ1n) is 14.8. The van der Waals surface area contributed by atoms with Crippen LogP contribution < -0.4 is 0 Å². The number of rotatable bonds is 3. The van der Waals surface area contributed by atoms with Crippen molar-refractivity contribution in [3.05, 3.63) is 145 Å². The number of aromatic nitrogens is 2. The van der Waals surface area contributed by atoms with Crippen molar-refractivity contribution in [1.29, 1.82) is 0 Å². The molecule has 0 saturated heterocycles. The largest absolute Gasteiger partial charge is 0.455 e. The van der Waals surface area contributed by atoms with Gasteiger partial charge in [0, 0.05) is 33.0 Å². The van der Waals surface area contributed by atoms with Gasteiger partial charge in [-0.15, -0.1) is 0 Å². The molecule has 0 aliphatic heterocycles. The third kappa shape index (κ3) is 3.45. The molecule has 43 heavy (non-hydrogen) atoms. The van der Waals surface area contributed by atoms with E-state index in [0.717, 1.165) is 61.2 Å². The first-order valence-corrected chi connectivity index (χ1v) is 14.8. The average Bonchev–Trinajstić information content (AvgIpc) is 3.69. The molecular weight excluding hydrogens is 524 g/mol. The summed E-state index contributed by atoms with van der Waals surface area (Å²) in [6, 6.07) is 47.3. The molecule has 1 aliphatic carbocycles. The van der Waals surface area contributed by atoms with Gasteiger partial charge >= 0.3 is 0 Å². The second kappa shape index (κ2) is 8.80. The molecule has 1 aliphatic rings. The zero-order chi connectivity index (χ0) is 28.7. The maximum Gasteiger partial charge on any atom is 0.145 e. The summed E-state index contributed by atoms with van der Waals surface area (Å²) in [5.74, 6) is 0.929. The quantitative estimate of drug-likeness (QED) is 0.218. The molecule has 9 rings (SSSR count). The molecule has 0 atom stereocenters. The van der Waals surface area contributed by atoms with Crippen molar-refractivity contribution in [3.63, 3.8) is 0 Å². The third-order valence-electron chi connectivity index (χ3n) is 9.23. The van der Waals surface area contributed by atoms with E-state index in [1.807, 2.05) is 12.1 Å². The SMILES string of the molecule is CC1(C)c2ccccc2-c2cc3c(cc21)oc1c(-c2ccc(-c4nc5ccccc5n4-c4ccccc4)cc2)cccc13. The molecule has 6 aromatic carbocycles. The van der Waals surface area contributed by atoms with Crippen LogP contribution in [0.15, 0.2) is 138 Å². The Hall–Kier alpha value is -5.41. The van der Waals surface area contributed by atoms with Gasteiger partial charge in [-0.2, -0.15) is 0 Å². The number of imidazole rings is 1. The summed E-state index contributed by atoms with van der Waals surface area (Å²) in [6.45, 7) is 4.62. The Kier molecular flexibility index (Phi) is 4.95. The molecule has 0 fully saturated rings. The normalized spacial score (nSPS) is 13.5. The second-order valence-corrected chi connectivity index (χ2v) is 12.0. The van der Waals surface area contributed by atoms with Crippen LogP contribution in [-0.4, -0.2) is 9.55 Å². The van der Waals surface area contributed by atoms with Gasteiger partial charge in [-0.1, -0.05) is 111 Å². The van der Waals surface area contributed by atoms with Crippen molar-refractivity contribution in [2.45, 2.75) is 19.3 Å². The first kappa shape index (κ1) is 24.2. The van der Waals surface area contributed by atoms with Crippen molar-refractivity contribution in [3.8, 4) is 39.3 Å². The minimum absolute atomic E-state index is 0.0615. The van der Waals surface area contributed by atoms with E-state index in [4.69, 9.17) is 9.40 Å². The number of hydrogen-bond donors (Lipinski definition) is 0. The lowest BCUT2D eigenvalue weighted by Gasteiger charge is -2.21. The number of furan rings is 1. The highest BCUT2D eigenvalue weighted by Crippen LogP contribution is 2.51. The summed E-state index contributed by atoms with van der Waals surface area (Å²) < 4.78 is 8.91. The van der Waals surface area contributed by atoms with Crippen LogP contribution in [0.5, 0.6) is 0 Å². The Morgan fingerprint density at radius 3 is 2.16 bits per heavy atom. The molecule has 0 saturated carbocycles. The third-order valence-corrected chi connectivity index (χ3v) is 9.23. The summed E-state index contributed by atoms with van der Waals surface area (Å²) in [5.41, 5.74) is 13.6. The lowest BCUT2D eigenvalue weighted by atomic mass is 9.82. The number of nitrogens with zero attached hydrogens (tertiary/aromatic N) is 2. The van der Waals surface area contributed by atoms with Crippen molar-refractivity contribution in [1.82, 2.24) is 9.55 Å². The van der Waals surface area contributed by atoms with E-state index < -0.39 is 0 Å². The smallest absolute Gasteiger partial charge is 0.145 e. The van der Waals surface area contributed by atoms with Gasteiger partial charge in [0.25, 0.3) is 0 Å². The Morgan fingerprint density at radius 2 is 1.30 bits per heavy atom. The molecular formula is C40H28N2O. The van der Waals surface area contributed by atoms with E-state index in [-0.39, 0.29) is 5.41 Å². The topological polar surface area (TPSA) is 31.0 Å². The molecule has 3 nitrogen and oxygen atoms in total. The molecule has 0 N–H and O–H groups in total. The van der Waals surface area contributed by atoms with E-state index in [9.17, 15) is 0 Å². The van der Waals surface area contributed by atoms with Crippen LogP contribution >= 0.6 is 0 Å². The summed E-state index contributed by atoms with van der Waals surface area (Å²) in [5, 5.41) is 2.31. The molecule has 8 aromatic rings. The van der Waals surface area contributed by atoms with E-state index in [1.54, 1.807) is 0 Å². The summed E-state index contributed by atoms with van der Waals surface area (Å²) in [7, 11) is 0. The fraction of sp³-hybridized carbons (Fsp3) is 0.0750. The zero-order valence-corrected chi connectivity index (χ0v) is 24.0. The van der Waals surface area contributed by atoms with E-state index >= 15 is 0 Å². The Balaban J connectivity index is 1.18. The maximum atomic E-state index is 6.67. The fourth-order valence-electron chi connectivity index (χ4n) is 7.08. The van der Waals surface area contributed by atoms with E-state index in [0.29, 0.717) is 0 Å². The average molecular weight is 553 g/mol. The highest BCUT2D eigenvalue weighted by Gasteiger charge is 2.36. The zero-order valence-electron chi connectivity index (χ0n) is 24.0. The fourth-order valence-corrected chi connectivity index (χ4v) is 7.08. The minimum Gasteiger partial charge on any atom is -0.455 e. The van der Waals surface area contributed by atoms with Crippen LogP contribution in [0, 0.1) is 0 Å². The van der Waals surface area contributed by atoms with Gasteiger partial charge in [0.15, 0.2) is 0 Å². The van der Waals surface area contributed by atoms with Crippen LogP contribution in [0.3, 0.4) is 0 Å². The molecule has 0 unspecified atom stereocenters. The molecule has 3 heteroatoms. The lowest BCUT2D eigenvalue weighted by molar-refractivity contribution is 0.648. The van der Waals surface area contributed by atoms with Crippen LogP contribution in [0.4, 0.5) is 0 Å². The van der Waals surface area contributed by atoms with Gasteiger partial charge in [0.05, 0.1) is 11.0 Å². The summed E-state index contributed by atoms with van der Waals surface area (Å²) >= 11 is 0. The number of fused-ring (bicyclic) bond motifs is 7. The molecule has 0 radical (unpaired) electrons. The van der Waals surface area contributed by atoms with Crippen molar-refractivity contribution < 1.29 is 4.42 Å². The molecule has 0 spiro atoms. The minimum atomic E-state index is -0.0615. The van der Waals surface area contributed by atoms with Crippen LogP contribution in [-0.2, 0) is 5.41 Å². The van der Waals surface area contributed by atoms with Gasteiger partial charge in [0.1, 0.15) is 17.0 Å². The Labute approximate surface area is 249 Å². The maximum absolute atomic E-state index is 6.67. The predicted octanol–water partition coefficient (Wildman–Crippen LogP) is 10.6.